The Morgan fingerprint density at radius 2 is 2.20 bits per heavy atom. The van der Waals surface area contributed by atoms with Gasteiger partial charge in [-0.25, -0.2) is 0 Å². The minimum absolute atomic E-state index is 0.690. The van der Waals surface area contributed by atoms with Crippen molar-refractivity contribution >= 4 is 0 Å². The van der Waals surface area contributed by atoms with Crippen LogP contribution in [0, 0.1) is 6.07 Å². The molecule has 1 rings (SSSR count). The highest BCUT2D eigenvalue weighted by molar-refractivity contribution is 5.38. The molecule has 0 aromatic heterocycles. The monoisotopic (exact) mass is 208 g/mol. The molecule has 0 aliphatic rings. The highest BCUT2D eigenvalue weighted by Gasteiger charge is 2.02. The molecule has 0 amide bonds. The van der Waals surface area contributed by atoms with Crippen molar-refractivity contribution in [2.24, 2.45) is 0 Å². The third-order valence-electron chi connectivity index (χ3n) is 2.00. The molecule has 0 unspecified atom stereocenters. The van der Waals surface area contributed by atoms with Gasteiger partial charge >= 0.3 is 0 Å². The Morgan fingerprint density at radius 1 is 1.40 bits per heavy atom. The average molecular weight is 208 g/mol. The minimum Gasteiger partial charge on any atom is -0.493 e. The van der Waals surface area contributed by atoms with Crippen LogP contribution in [0.3, 0.4) is 0 Å². The van der Waals surface area contributed by atoms with Crippen molar-refractivity contribution in [3.05, 3.63) is 24.3 Å². The van der Waals surface area contributed by atoms with Gasteiger partial charge in [0.25, 0.3) is 0 Å². The van der Waals surface area contributed by atoms with E-state index in [4.69, 9.17) is 9.47 Å². The van der Waals surface area contributed by atoms with Gasteiger partial charge in [-0.15, -0.1) is 0 Å². The molecule has 3 heteroatoms. The molecule has 0 aliphatic heterocycles. The number of para-hydroxylation sites is 1. The van der Waals surface area contributed by atoms with E-state index in [1.165, 1.54) is 0 Å². The third kappa shape index (κ3) is 4.21. The number of nitrogens with zero attached hydrogens (tertiary/aromatic N) is 1. The molecule has 3 nitrogen and oxygen atoms in total. The molecule has 1 radical (unpaired) electrons. The zero-order valence-electron chi connectivity index (χ0n) is 9.62. The number of hydrogen-bond acceptors (Lipinski definition) is 3. The van der Waals surface area contributed by atoms with Crippen molar-refractivity contribution in [1.29, 1.82) is 0 Å². The first-order chi connectivity index (χ1) is 7.24. The molecule has 0 saturated carbocycles. The Labute approximate surface area is 91.6 Å². The van der Waals surface area contributed by atoms with Crippen molar-refractivity contribution < 1.29 is 9.47 Å². The third-order valence-corrected chi connectivity index (χ3v) is 2.00. The van der Waals surface area contributed by atoms with Crippen LogP contribution in [0.2, 0.25) is 0 Å². The van der Waals surface area contributed by atoms with Gasteiger partial charge in [0.15, 0.2) is 11.5 Å². The van der Waals surface area contributed by atoms with E-state index in [9.17, 15) is 0 Å². The number of benzene rings is 1. The maximum absolute atomic E-state index is 5.57. The molecule has 1 aromatic carbocycles. The van der Waals surface area contributed by atoms with E-state index in [1.807, 2.05) is 18.2 Å². The van der Waals surface area contributed by atoms with E-state index in [-0.39, 0.29) is 0 Å². The molecule has 0 bridgehead atoms. The molecule has 0 heterocycles. The molecular weight excluding hydrogens is 190 g/mol. The topological polar surface area (TPSA) is 21.7 Å². The number of methoxy groups -OCH3 is 1. The molecule has 0 atom stereocenters. The van der Waals surface area contributed by atoms with Gasteiger partial charge in [-0.1, -0.05) is 12.1 Å². The summed E-state index contributed by atoms with van der Waals surface area (Å²) in [5, 5.41) is 0. The summed E-state index contributed by atoms with van der Waals surface area (Å²) in [6.07, 6.45) is 0.999. The number of rotatable bonds is 6. The van der Waals surface area contributed by atoms with Crippen molar-refractivity contribution in [1.82, 2.24) is 4.90 Å². The lowest BCUT2D eigenvalue weighted by Crippen LogP contribution is -2.15. The van der Waals surface area contributed by atoms with Crippen molar-refractivity contribution in [3.63, 3.8) is 0 Å². The van der Waals surface area contributed by atoms with E-state index in [0.29, 0.717) is 12.4 Å². The Kier molecular flexibility index (Phi) is 4.98. The van der Waals surface area contributed by atoms with E-state index in [0.717, 1.165) is 18.7 Å². The lowest BCUT2D eigenvalue weighted by molar-refractivity contribution is 0.267. The molecule has 0 fully saturated rings. The largest absolute Gasteiger partial charge is 0.493 e. The Bertz CT molecular complexity index is 287. The van der Waals surface area contributed by atoms with Crippen LogP contribution in [0.5, 0.6) is 11.5 Å². The van der Waals surface area contributed by atoms with Crippen LogP contribution >= 0.6 is 0 Å². The van der Waals surface area contributed by atoms with E-state index in [2.05, 4.69) is 25.1 Å². The molecule has 83 valence electrons. The summed E-state index contributed by atoms with van der Waals surface area (Å²) < 4.78 is 10.7. The van der Waals surface area contributed by atoms with Gasteiger partial charge in [0.05, 0.1) is 13.7 Å². The second kappa shape index (κ2) is 6.30. The molecule has 1 aromatic rings. The highest BCUT2D eigenvalue weighted by Crippen LogP contribution is 2.24. The first-order valence-corrected chi connectivity index (χ1v) is 5.06. The van der Waals surface area contributed by atoms with Gasteiger partial charge in [-0.2, -0.15) is 0 Å². The predicted molar refractivity (Wildman–Crippen MR) is 60.5 cm³/mol. The standard InChI is InChI=1S/C12H18NO2/c1-13(2)9-6-10-15-12-8-5-4-7-11(12)14-3/h4-5,7H,6,9-10H2,1-3H3. The van der Waals surface area contributed by atoms with Crippen LogP contribution in [-0.2, 0) is 0 Å². The van der Waals surface area contributed by atoms with Gasteiger partial charge in [0.1, 0.15) is 0 Å². The maximum Gasteiger partial charge on any atom is 0.169 e. The van der Waals surface area contributed by atoms with Crippen molar-refractivity contribution in [2.75, 3.05) is 34.4 Å². The van der Waals surface area contributed by atoms with Gasteiger partial charge < -0.3 is 14.4 Å². The summed E-state index contributed by atoms with van der Waals surface area (Å²) in [6.45, 7) is 1.71. The van der Waals surface area contributed by atoms with Crippen molar-refractivity contribution in [2.45, 2.75) is 6.42 Å². The summed E-state index contributed by atoms with van der Waals surface area (Å²) in [5.41, 5.74) is 0. The van der Waals surface area contributed by atoms with E-state index >= 15 is 0 Å². The van der Waals surface area contributed by atoms with Crippen LogP contribution in [0.15, 0.2) is 18.2 Å². The lowest BCUT2D eigenvalue weighted by Gasteiger charge is -2.11. The smallest absolute Gasteiger partial charge is 0.169 e. The fourth-order valence-corrected chi connectivity index (χ4v) is 1.23. The molecule has 0 aliphatic carbocycles. The first kappa shape index (κ1) is 11.9. The summed E-state index contributed by atoms with van der Waals surface area (Å²) in [4.78, 5) is 2.13. The zero-order chi connectivity index (χ0) is 11.1. The van der Waals surface area contributed by atoms with Gasteiger partial charge in [-0.3, -0.25) is 0 Å². The van der Waals surface area contributed by atoms with Gasteiger partial charge in [-0.05, 0) is 26.6 Å². The van der Waals surface area contributed by atoms with Crippen LogP contribution in [0.4, 0.5) is 0 Å². The molecule has 15 heavy (non-hydrogen) atoms. The SMILES string of the molecule is COc1ccc[c]c1OCCCN(C)C. The number of hydrogen-bond donors (Lipinski definition) is 0. The molecular formula is C12H18NO2. The fraction of sp³-hybridized carbons (Fsp3) is 0.500. The predicted octanol–water partition coefficient (Wildman–Crippen LogP) is 1.83. The number of ether oxygens (including phenoxy) is 2. The Balaban J connectivity index is 2.36. The quantitative estimate of drug-likeness (QED) is 0.666. The van der Waals surface area contributed by atoms with Gasteiger partial charge in [0, 0.05) is 12.6 Å². The van der Waals surface area contributed by atoms with Gasteiger partial charge in [0.2, 0.25) is 0 Å². The minimum atomic E-state index is 0.690. The summed E-state index contributed by atoms with van der Waals surface area (Å²) >= 11 is 0. The molecule has 0 N–H and O–H groups in total. The summed E-state index contributed by atoms with van der Waals surface area (Å²) in [5.74, 6) is 1.43. The van der Waals surface area contributed by atoms with E-state index < -0.39 is 0 Å². The molecule has 0 saturated heterocycles. The normalized spacial score (nSPS) is 10.4. The van der Waals surface area contributed by atoms with Crippen LogP contribution < -0.4 is 9.47 Å². The average Bonchev–Trinajstić information content (AvgIpc) is 2.24. The second-order valence-corrected chi connectivity index (χ2v) is 3.57. The first-order valence-electron chi connectivity index (χ1n) is 5.06. The zero-order valence-corrected chi connectivity index (χ0v) is 9.62. The lowest BCUT2D eigenvalue weighted by atomic mass is 10.3. The second-order valence-electron chi connectivity index (χ2n) is 3.57. The molecule has 0 spiro atoms. The summed E-state index contributed by atoms with van der Waals surface area (Å²) in [7, 11) is 5.74. The Morgan fingerprint density at radius 3 is 2.87 bits per heavy atom. The van der Waals surface area contributed by atoms with Crippen LogP contribution in [-0.4, -0.2) is 39.3 Å². The Hall–Kier alpha value is -1.22. The van der Waals surface area contributed by atoms with E-state index in [1.54, 1.807) is 7.11 Å². The summed E-state index contributed by atoms with van der Waals surface area (Å²) in [6, 6.07) is 8.59. The van der Waals surface area contributed by atoms with Crippen LogP contribution in [0.1, 0.15) is 6.42 Å². The van der Waals surface area contributed by atoms with Crippen LogP contribution in [0.25, 0.3) is 0 Å². The highest BCUT2D eigenvalue weighted by atomic mass is 16.5. The fourth-order valence-electron chi connectivity index (χ4n) is 1.23. The maximum atomic E-state index is 5.57. The van der Waals surface area contributed by atoms with Crippen molar-refractivity contribution in [3.8, 4) is 11.5 Å².